The minimum absolute atomic E-state index is 0.00530. The molecule has 1 heterocycles. The molecule has 0 aromatic heterocycles. The fourth-order valence-electron chi connectivity index (χ4n) is 3.05. The molecule has 1 aromatic carbocycles. The average Bonchev–Trinajstić information content (AvgIpc) is 2.66. The zero-order valence-corrected chi connectivity index (χ0v) is 19.8. The highest BCUT2D eigenvalue weighted by molar-refractivity contribution is 9.09. The van der Waals surface area contributed by atoms with E-state index in [9.17, 15) is 40.1 Å². The summed E-state index contributed by atoms with van der Waals surface area (Å²) in [5, 5.41) is 10.8. The molecule has 0 aliphatic carbocycles. The predicted molar refractivity (Wildman–Crippen MR) is 112 cm³/mol. The van der Waals surface area contributed by atoms with Gasteiger partial charge in [-0.1, -0.05) is 22.0 Å². The number of hydrogen-bond acceptors (Lipinski definition) is 9. The summed E-state index contributed by atoms with van der Waals surface area (Å²) >= 11 is 2.89. The second-order valence-corrected chi connectivity index (χ2v) is 11.4. The maximum absolute atomic E-state index is 13.3. The molecule has 0 N–H and O–H groups in total. The average molecular weight is 568 g/mol. The molecule has 32 heavy (non-hydrogen) atoms. The van der Waals surface area contributed by atoms with E-state index in [1.165, 1.54) is 0 Å². The van der Waals surface area contributed by atoms with Crippen molar-refractivity contribution in [1.82, 2.24) is 9.80 Å². The monoisotopic (exact) mass is 567 g/mol. The summed E-state index contributed by atoms with van der Waals surface area (Å²) in [7, 11) is -8.51. The van der Waals surface area contributed by atoms with E-state index in [2.05, 4.69) is 19.6 Å². The number of benzene rings is 1. The third-order valence-corrected chi connectivity index (χ3v) is 8.63. The first-order valence-corrected chi connectivity index (χ1v) is 13.5. The molecule has 10 nitrogen and oxygen atoms in total. The van der Waals surface area contributed by atoms with Crippen LogP contribution in [0, 0.1) is 10.1 Å². The van der Waals surface area contributed by atoms with E-state index in [-0.39, 0.29) is 24.0 Å². The van der Waals surface area contributed by atoms with Gasteiger partial charge in [0.15, 0.2) is 0 Å². The molecule has 2 rings (SSSR count). The summed E-state index contributed by atoms with van der Waals surface area (Å²) < 4.78 is 91.0. The number of halogens is 4. The van der Waals surface area contributed by atoms with Crippen LogP contribution in [-0.2, 0) is 36.6 Å². The zero-order chi connectivity index (χ0) is 24.2. The fraction of sp³-hybridized carbons (Fsp3) is 0.625. The molecule has 0 atom stereocenters. The third-order valence-electron chi connectivity index (χ3n) is 4.66. The van der Waals surface area contributed by atoms with Gasteiger partial charge in [0.05, 0.1) is 22.0 Å². The summed E-state index contributed by atoms with van der Waals surface area (Å²) in [4.78, 5) is 13.4. The Kier molecular flexibility index (Phi) is 9.03. The number of nitro groups is 1. The van der Waals surface area contributed by atoms with Crippen molar-refractivity contribution >= 4 is 41.9 Å². The van der Waals surface area contributed by atoms with Gasteiger partial charge in [-0.25, -0.2) is 0 Å². The first-order valence-electron chi connectivity index (χ1n) is 9.24. The van der Waals surface area contributed by atoms with Gasteiger partial charge in [0.1, 0.15) is 0 Å². The van der Waals surface area contributed by atoms with Crippen LogP contribution in [0.3, 0.4) is 0 Å². The van der Waals surface area contributed by atoms with Gasteiger partial charge in [0.2, 0.25) is 0 Å². The molecular formula is C16H21BrF3N3O7S2. The second-order valence-electron chi connectivity index (χ2n) is 6.99. The highest BCUT2D eigenvalue weighted by atomic mass is 79.9. The van der Waals surface area contributed by atoms with Crippen LogP contribution in [0.2, 0.25) is 0 Å². The number of nitrogens with zero attached hydrogens (tertiary/aromatic N) is 3. The smallest absolute Gasteiger partial charge is 0.300 e. The van der Waals surface area contributed by atoms with E-state index in [1.54, 1.807) is 9.80 Å². The van der Waals surface area contributed by atoms with Crippen LogP contribution in [0.5, 0.6) is 0 Å². The number of nitro benzene ring substituents is 1. The number of alkyl halides is 4. The van der Waals surface area contributed by atoms with Crippen LogP contribution in [-0.4, -0.2) is 81.1 Å². The van der Waals surface area contributed by atoms with Crippen molar-refractivity contribution in [3.63, 3.8) is 0 Å². The molecule has 0 bridgehead atoms. The van der Waals surface area contributed by atoms with Gasteiger partial charge >= 0.3 is 6.18 Å². The summed E-state index contributed by atoms with van der Waals surface area (Å²) in [6.07, 6.45) is -4.74. The van der Waals surface area contributed by atoms with Gasteiger partial charge in [-0.3, -0.25) is 19.9 Å². The normalized spacial score (nSPS) is 16.9. The lowest BCUT2D eigenvalue weighted by atomic mass is 10.0. The molecule has 16 heteroatoms. The van der Waals surface area contributed by atoms with E-state index in [0.29, 0.717) is 32.2 Å². The number of rotatable bonds is 10. The molecule has 182 valence electrons. The van der Waals surface area contributed by atoms with Gasteiger partial charge in [0.25, 0.3) is 25.9 Å². The minimum Gasteiger partial charge on any atom is -0.300 e. The minimum atomic E-state index is -4.74. The van der Waals surface area contributed by atoms with E-state index in [4.69, 9.17) is 0 Å². The third kappa shape index (κ3) is 8.22. The van der Waals surface area contributed by atoms with Crippen molar-refractivity contribution in [2.45, 2.75) is 12.7 Å². The Bertz CT molecular complexity index is 1030. The molecule has 1 saturated heterocycles. The Morgan fingerprint density at radius 1 is 1.03 bits per heavy atom. The molecule has 0 amide bonds. The lowest BCUT2D eigenvalue weighted by molar-refractivity contribution is -0.385. The second kappa shape index (κ2) is 10.7. The van der Waals surface area contributed by atoms with Crippen molar-refractivity contribution in [2.75, 3.05) is 49.6 Å². The molecule has 1 aliphatic heterocycles. The molecule has 1 aromatic rings. The summed E-state index contributed by atoms with van der Waals surface area (Å²) in [5.74, 6) is -1.04. The summed E-state index contributed by atoms with van der Waals surface area (Å²) in [6, 6.07) is 2.63. The predicted octanol–water partition coefficient (Wildman–Crippen LogP) is 1.80. The van der Waals surface area contributed by atoms with Crippen molar-refractivity contribution in [3.8, 4) is 0 Å². The van der Waals surface area contributed by atoms with Gasteiger partial charge in [0, 0.05) is 56.7 Å². The molecular weight excluding hydrogens is 547 g/mol. The Morgan fingerprint density at radius 2 is 1.59 bits per heavy atom. The zero-order valence-electron chi connectivity index (χ0n) is 16.6. The Balaban J connectivity index is 1.93. The molecule has 1 aliphatic rings. The van der Waals surface area contributed by atoms with E-state index in [0.717, 1.165) is 12.1 Å². The topological polar surface area (TPSA) is 127 Å². The van der Waals surface area contributed by atoms with Crippen LogP contribution in [0.25, 0.3) is 0 Å². The fourth-order valence-corrected chi connectivity index (χ4v) is 6.72. The highest BCUT2D eigenvalue weighted by Crippen LogP contribution is 2.35. The van der Waals surface area contributed by atoms with Crippen LogP contribution < -0.4 is 0 Å². The maximum atomic E-state index is 13.3. The Labute approximate surface area is 191 Å². The number of piperazine rings is 1. The number of hydrogen-bond donors (Lipinski definition) is 0. The maximum Gasteiger partial charge on any atom is 0.416 e. The lowest BCUT2D eigenvalue weighted by Crippen LogP contribution is -2.47. The van der Waals surface area contributed by atoms with Crippen LogP contribution >= 0.6 is 15.9 Å². The lowest BCUT2D eigenvalue weighted by Gasteiger charge is -2.34. The Morgan fingerprint density at radius 3 is 2.12 bits per heavy atom. The highest BCUT2D eigenvalue weighted by Gasteiger charge is 2.35. The van der Waals surface area contributed by atoms with Gasteiger partial charge in [-0.05, 0) is 5.56 Å². The molecule has 0 saturated carbocycles. The molecule has 0 unspecified atom stereocenters. The van der Waals surface area contributed by atoms with Crippen LogP contribution in [0.15, 0.2) is 18.2 Å². The molecule has 0 spiro atoms. The first kappa shape index (κ1) is 26.9. The first-order chi connectivity index (χ1) is 14.7. The SMILES string of the molecule is O=[N+]([O-])c1ccc(CN2CCN(CCS(=O)(=O)OS(=O)(=O)CCBr)CC2)c(C(F)(F)F)c1. The van der Waals surface area contributed by atoms with E-state index in [1.807, 2.05) is 0 Å². The van der Waals surface area contributed by atoms with E-state index < -0.39 is 54.1 Å². The van der Waals surface area contributed by atoms with Crippen molar-refractivity contribution in [1.29, 1.82) is 0 Å². The standard InChI is InChI=1S/C16H21BrF3N3O7S2/c17-3-9-31(26,27)30-32(28,29)10-8-21-4-6-22(7-5-21)12-13-1-2-14(23(24)25)11-15(13)16(18,19)20/h1-2,11H,3-10,12H2. The van der Waals surface area contributed by atoms with Gasteiger partial charge < -0.3 is 0 Å². The largest absolute Gasteiger partial charge is 0.416 e. The molecule has 0 radical (unpaired) electrons. The molecule has 1 fully saturated rings. The quantitative estimate of drug-likeness (QED) is 0.236. The summed E-state index contributed by atoms with van der Waals surface area (Å²) in [5.41, 5.74) is -1.81. The van der Waals surface area contributed by atoms with Gasteiger partial charge in [-0.15, -0.1) is 3.63 Å². The van der Waals surface area contributed by atoms with E-state index >= 15 is 0 Å². The van der Waals surface area contributed by atoms with Crippen molar-refractivity contribution in [2.24, 2.45) is 0 Å². The van der Waals surface area contributed by atoms with Crippen molar-refractivity contribution in [3.05, 3.63) is 39.4 Å². The number of non-ortho nitro benzene ring substituents is 1. The summed E-state index contributed by atoms with van der Waals surface area (Å²) in [6.45, 7) is 1.28. The van der Waals surface area contributed by atoms with Crippen LogP contribution in [0.1, 0.15) is 11.1 Å². The van der Waals surface area contributed by atoms with Crippen LogP contribution in [0.4, 0.5) is 18.9 Å². The van der Waals surface area contributed by atoms with Gasteiger partial charge in [-0.2, -0.15) is 30.0 Å². The Hall–Kier alpha value is -1.33. The van der Waals surface area contributed by atoms with Crippen molar-refractivity contribution < 1.29 is 38.6 Å².